The van der Waals surface area contributed by atoms with Crippen LogP contribution in [0.15, 0.2) is 35.8 Å². The van der Waals surface area contributed by atoms with Crippen molar-refractivity contribution in [3.63, 3.8) is 0 Å². The van der Waals surface area contributed by atoms with Gasteiger partial charge in [0.2, 0.25) is 0 Å². The van der Waals surface area contributed by atoms with E-state index >= 15 is 0 Å². The maximum Gasteiger partial charge on any atom is 0.255 e. The average molecular weight is 319 g/mol. The highest BCUT2D eigenvalue weighted by Crippen LogP contribution is 2.23. The van der Waals surface area contributed by atoms with Crippen LogP contribution >= 0.6 is 11.3 Å². The maximum absolute atomic E-state index is 12.4. The third kappa shape index (κ3) is 3.82. The Kier molecular flexibility index (Phi) is 5.11. The van der Waals surface area contributed by atoms with Gasteiger partial charge < -0.3 is 15.4 Å². The number of rotatable bonds is 6. The Morgan fingerprint density at radius 1 is 1.36 bits per heavy atom. The Bertz CT molecular complexity index is 641. The first-order valence-corrected chi connectivity index (χ1v) is 7.54. The molecule has 116 valence electrons. The van der Waals surface area contributed by atoms with Crippen molar-refractivity contribution in [2.45, 2.75) is 13.0 Å². The highest BCUT2D eigenvalue weighted by Gasteiger charge is 2.20. The van der Waals surface area contributed by atoms with Crippen molar-refractivity contribution in [3.05, 3.63) is 46.4 Å². The van der Waals surface area contributed by atoms with Gasteiger partial charge in [-0.1, -0.05) is 0 Å². The number of hydrogen-bond acceptors (Lipinski definition) is 5. The smallest absolute Gasteiger partial charge is 0.255 e. The van der Waals surface area contributed by atoms with E-state index in [1.165, 1.54) is 11.3 Å². The lowest BCUT2D eigenvalue weighted by Gasteiger charge is -2.23. The lowest BCUT2D eigenvalue weighted by atomic mass is 10.1. The minimum atomic E-state index is -0.544. The predicted molar refractivity (Wildman–Crippen MR) is 83.8 cm³/mol. The van der Waals surface area contributed by atoms with Crippen LogP contribution in [-0.4, -0.2) is 35.4 Å². The predicted octanol–water partition coefficient (Wildman–Crippen LogP) is 1.84. The number of carbonyl (C=O) groups is 2. The highest BCUT2D eigenvalue weighted by molar-refractivity contribution is 7.09. The number of ether oxygens (including phenoxy) is 1. The zero-order valence-corrected chi connectivity index (χ0v) is 13.2. The highest BCUT2D eigenvalue weighted by atomic mass is 32.1. The molecular weight excluding hydrogens is 302 g/mol. The molecule has 0 saturated carbocycles. The Hall–Kier alpha value is -2.41. The van der Waals surface area contributed by atoms with Crippen LogP contribution in [0.4, 0.5) is 0 Å². The second kappa shape index (κ2) is 7.04. The molecular formula is C15H17N3O3S. The van der Waals surface area contributed by atoms with E-state index in [0.717, 1.165) is 5.01 Å². The molecule has 22 heavy (non-hydrogen) atoms. The zero-order valence-electron chi connectivity index (χ0n) is 12.4. The van der Waals surface area contributed by atoms with E-state index in [-0.39, 0.29) is 18.6 Å². The van der Waals surface area contributed by atoms with Gasteiger partial charge in [-0.3, -0.25) is 9.59 Å². The van der Waals surface area contributed by atoms with Crippen LogP contribution < -0.4 is 10.5 Å². The zero-order chi connectivity index (χ0) is 16.1. The molecule has 2 amide bonds. The van der Waals surface area contributed by atoms with Crippen LogP contribution in [0.5, 0.6) is 5.75 Å². The van der Waals surface area contributed by atoms with Gasteiger partial charge in [-0.05, 0) is 31.2 Å². The Morgan fingerprint density at radius 3 is 2.59 bits per heavy atom. The molecule has 0 aliphatic heterocycles. The van der Waals surface area contributed by atoms with E-state index in [1.807, 2.05) is 12.3 Å². The molecule has 0 spiro atoms. The number of thiazole rings is 1. The maximum atomic E-state index is 12.4. The summed E-state index contributed by atoms with van der Waals surface area (Å²) in [7, 11) is 1.74. The van der Waals surface area contributed by atoms with E-state index in [0.29, 0.717) is 11.3 Å². The summed E-state index contributed by atoms with van der Waals surface area (Å²) in [5, 5.41) is 2.77. The Balaban J connectivity index is 2.04. The SMILES string of the molecule is C[C@@H](c1nccs1)N(C)C(=O)c1ccc(OCC(N)=O)cc1. The fraction of sp³-hybridized carbons (Fsp3) is 0.267. The monoisotopic (exact) mass is 319 g/mol. The van der Waals surface area contributed by atoms with Crippen LogP contribution in [-0.2, 0) is 4.79 Å². The first kappa shape index (κ1) is 16.0. The Labute approximate surface area is 132 Å². The lowest BCUT2D eigenvalue weighted by Crippen LogP contribution is -2.29. The normalized spacial score (nSPS) is 11.7. The summed E-state index contributed by atoms with van der Waals surface area (Å²) >= 11 is 1.51. The molecule has 1 heterocycles. The molecule has 0 fully saturated rings. The molecule has 0 saturated heterocycles. The summed E-state index contributed by atoms with van der Waals surface area (Å²) in [5.41, 5.74) is 5.55. The summed E-state index contributed by atoms with van der Waals surface area (Å²) in [4.78, 5) is 29.0. The summed E-state index contributed by atoms with van der Waals surface area (Å²) in [6.45, 7) is 1.75. The van der Waals surface area contributed by atoms with Crippen molar-refractivity contribution in [1.82, 2.24) is 9.88 Å². The topological polar surface area (TPSA) is 85.5 Å². The first-order chi connectivity index (χ1) is 10.5. The second-order valence-electron chi connectivity index (χ2n) is 4.74. The van der Waals surface area contributed by atoms with Gasteiger partial charge >= 0.3 is 0 Å². The molecule has 0 unspecified atom stereocenters. The number of primary amides is 1. The van der Waals surface area contributed by atoms with Gasteiger partial charge in [-0.2, -0.15) is 0 Å². The largest absolute Gasteiger partial charge is 0.484 e. The molecule has 7 heteroatoms. The fourth-order valence-electron chi connectivity index (χ4n) is 1.83. The van der Waals surface area contributed by atoms with Gasteiger partial charge in [-0.25, -0.2) is 4.98 Å². The first-order valence-electron chi connectivity index (χ1n) is 6.66. The molecule has 2 rings (SSSR count). The number of nitrogens with zero attached hydrogens (tertiary/aromatic N) is 2. The molecule has 0 bridgehead atoms. The van der Waals surface area contributed by atoms with E-state index < -0.39 is 5.91 Å². The van der Waals surface area contributed by atoms with E-state index in [9.17, 15) is 9.59 Å². The van der Waals surface area contributed by atoms with Crippen molar-refractivity contribution < 1.29 is 14.3 Å². The minimum absolute atomic E-state index is 0.0988. The van der Waals surface area contributed by atoms with Crippen molar-refractivity contribution >= 4 is 23.2 Å². The molecule has 1 aromatic carbocycles. The second-order valence-corrected chi connectivity index (χ2v) is 5.67. The summed E-state index contributed by atoms with van der Waals surface area (Å²) in [6.07, 6.45) is 1.72. The summed E-state index contributed by atoms with van der Waals surface area (Å²) in [6, 6.07) is 6.49. The molecule has 6 nitrogen and oxygen atoms in total. The lowest BCUT2D eigenvalue weighted by molar-refractivity contribution is -0.119. The Morgan fingerprint density at radius 2 is 2.05 bits per heavy atom. The van der Waals surface area contributed by atoms with Crippen LogP contribution in [0, 0.1) is 0 Å². The van der Waals surface area contributed by atoms with Crippen molar-refractivity contribution in [2.24, 2.45) is 5.73 Å². The molecule has 0 aliphatic rings. The summed E-state index contributed by atoms with van der Waals surface area (Å²) < 4.78 is 5.16. The molecule has 2 N–H and O–H groups in total. The number of carbonyl (C=O) groups excluding carboxylic acids is 2. The van der Waals surface area contributed by atoms with Crippen molar-refractivity contribution in [3.8, 4) is 5.75 Å². The van der Waals surface area contributed by atoms with E-state index in [1.54, 1.807) is 42.4 Å². The number of benzene rings is 1. The molecule has 1 aromatic heterocycles. The number of hydrogen-bond donors (Lipinski definition) is 1. The van der Waals surface area contributed by atoms with Crippen LogP contribution in [0.1, 0.15) is 28.3 Å². The van der Waals surface area contributed by atoms with Crippen molar-refractivity contribution in [1.29, 1.82) is 0 Å². The summed E-state index contributed by atoms with van der Waals surface area (Å²) in [5.74, 6) is -0.160. The molecule has 0 radical (unpaired) electrons. The van der Waals surface area contributed by atoms with Crippen LogP contribution in [0.2, 0.25) is 0 Å². The fourth-order valence-corrected chi connectivity index (χ4v) is 2.57. The molecule has 2 aromatic rings. The molecule has 0 aliphatic carbocycles. The number of aromatic nitrogens is 1. The number of amides is 2. The van der Waals surface area contributed by atoms with Gasteiger partial charge in [0.05, 0.1) is 6.04 Å². The van der Waals surface area contributed by atoms with Crippen LogP contribution in [0.3, 0.4) is 0 Å². The van der Waals surface area contributed by atoms with Gasteiger partial charge in [0.15, 0.2) is 6.61 Å². The van der Waals surface area contributed by atoms with Crippen LogP contribution in [0.25, 0.3) is 0 Å². The average Bonchev–Trinajstić information content (AvgIpc) is 3.05. The third-order valence-electron chi connectivity index (χ3n) is 3.19. The minimum Gasteiger partial charge on any atom is -0.484 e. The number of nitrogens with two attached hydrogens (primary N) is 1. The van der Waals surface area contributed by atoms with Gasteiger partial charge in [0, 0.05) is 24.2 Å². The quantitative estimate of drug-likeness (QED) is 0.880. The van der Waals surface area contributed by atoms with E-state index in [2.05, 4.69) is 4.98 Å². The van der Waals surface area contributed by atoms with Crippen molar-refractivity contribution in [2.75, 3.05) is 13.7 Å². The van der Waals surface area contributed by atoms with Gasteiger partial charge in [0.25, 0.3) is 11.8 Å². The van der Waals surface area contributed by atoms with Gasteiger partial charge in [-0.15, -0.1) is 11.3 Å². The third-order valence-corrected chi connectivity index (χ3v) is 4.14. The van der Waals surface area contributed by atoms with E-state index in [4.69, 9.17) is 10.5 Å². The standard InChI is InChI=1S/C15H17N3O3S/c1-10(14-17-7-8-22-14)18(2)15(20)11-3-5-12(6-4-11)21-9-13(16)19/h3-8,10H,9H2,1-2H3,(H2,16,19)/t10-/m0/s1. The molecule has 1 atom stereocenters. The van der Waals surface area contributed by atoms with Gasteiger partial charge in [0.1, 0.15) is 10.8 Å².